The second-order valence-corrected chi connectivity index (χ2v) is 3.00. The summed E-state index contributed by atoms with van der Waals surface area (Å²) in [5.74, 6) is 0.334. The van der Waals surface area contributed by atoms with Crippen molar-refractivity contribution >= 4 is 5.82 Å². The van der Waals surface area contributed by atoms with Crippen LogP contribution in [0.15, 0.2) is 12.3 Å². The van der Waals surface area contributed by atoms with Gasteiger partial charge in [0.1, 0.15) is 0 Å². The molecule has 0 aliphatic heterocycles. The van der Waals surface area contributed by atoms with Crippen LogP contribution in [-0.4, -0.2) is 12.0 Å². The van der Waals surface area contributed by atoms with Crippen molar-refractivity contribution in [3.05, 3.63) is 23.6 Å². The predicted octanol–water partition coefficient (Wildman–Crippen LogP) is 2.39. The van der Waals surface area contributed by atoms with E-state index < -0.39 is 0 Å². The van der Waals surface area contributed by atoms with Crippen molar-refractivity contribution < 1.29 is 4.39 Å². The second kappa shape index (κ2) is 3.52. The Morgan fingerprint density at radius 3 is 2.58 bits per heavy atom. The Hall–Kier alpha value is -1.12. The molecule has 12 heavy (non-hydrogen) atoms. The molecule has 0 spiro atoms. The molecule has 0 aliphatic carbocycles. The Kier molecular flexibility index (Phi) is 2.63. The number of anilines is 1. The maximum Gasteiger partial charge on any atom is 0.165 e. The van der Waals surface area contributed by atoms with Crippen molar-refractivity contribution in [2.45, 2.75) is 19.8 Å². The van der Waals surface area contributed by atoms with Crippen LogP contribution in [0.25, 0.3) is 0 Å². The fourth-order valence-corrected chi connectivity index (χ4v) is 0.952. The molecule has 1 aromatic heterocycles. The molecule has 0 radical (unpaired) electrons. The van der Waals surface area contributed by atoms with Gasteiger partial charge in [-0.25, -0.2) is 9.37 Å². The number of aromatic nitrogens is 1. The molecule has 1 heterocycles. The van der Waals surface area contributed by atoms with Gasteiger partial charge in [-0.1, -0.05) is 13.8 Å². The highest BCUT2D eigenvalue weighted by molar-refractivity contribution is 5.37. The lowest BCUT2D eigenvalue weighted by Gasteiger charge is -2.06. The molecule has 1 rings (SSSR count). The summed E-state index contributed by atoms with van der Waals surface area (Å²) in [6.07, 6.45) is 1.69. The highest BCUT2D eigenvalue weighted by Crippen LogP contribution is 2.17. The molecule has 1 N–H and O–H groups in total. The average molecular weight is 168 g/mol. The molecule has 2 nitrogen and oxygen atoms in total. The van der Waals surface area contributed by atoms with Gasteiger partial charge in [0, 0.05) is 13.2 Å². The van der Waals surface area contributed by atoms with Crippen molar-refractivity contribution in [3.8, 4) is 0 Å². The van der Waals surface area contributed by atoms with Gasteiger partial charge in [-0.2, -0.15) is 0 Å². The van der Waals surface area contributed by atoms with Gasteiger partial charge < -0.3 is 5.32 Å². The van der Waals surface area contributed by atoms with Crippen LogP contribution in [0, 0.1) is 5.82 Å². The van der Waals surface area contributed by atoms with Gasteiger partial charge in [0.25, 0.3) is 0 Å². The Balaban J connectivity index is 3.02. The van der Waals surface area contributed by atoms with E-state index in [1.807, 2.05) is 13.8 Å². The fourth-order valence-electron chi connectivity index (χ4n) is 0.952. The molecule has 3 heteroatoms. The van der Waals surface area contributed by atoms with Crippen molar-refractivity contribution in [1.29, 1.82) is 0 Å². The van der Waals surface area contributed by atoms with E-state index in [1.165, 1.54) is 6.07 Å². The summed E-state index contributed by atoms with van der Waals surface area (Å²) in [7, 11) is 1.65. The zero-order chi connectivity index (χ0) is 9.14. The number of hydrogen-bond acceptors (Lipinski definition) is 2. The number of nitrogens with one attached hydrogen (secondary N) is 1. The first-order chi connectivity index (χ1) is 5.65. The third kappa shape index (κ3) is 1.72. The first-order valence-corrected chi connectivity index (χ1v) is 3.98. The van der Waals surface area contributed by atoms with E-state index >= 15 is 0 Å². The van der Waals surface area contributed by atoms with Crippen LogP contribution in [0.4, 0.5) is 10.2 Å². The Morgan fingerprint density at radius 1 is 1.50 bits per heavy atom. The van der Waals surface area contributed by atoms with Crippen LogP contribution in [-0.2, 0) is 0 Å². The lowest BCUT2D eigenvalue weighted by Crippen LogP contribution is -1.98. The van der Waals surface area contributed by atoms with Crippen LogP contribution in [0.2, 0.25) is 0 Å². The first kappa shape index (κ1) is 8.97. The van der Waals surface area contributed by atoms with Gasteiger partial charge in [0.2, 0.25) is 0 Å². The summed E-state index contributed by atoms with van der Waals surface area (Å²) in [5.41, 5.74) is 0.923. The van der Waals surface area contributed by atoms with Crippen LogP contribution in [0.3, 0.4) is 0 Å². The fraction of sp³-hybridized carbons (Fsp3) is 0.444. The third-order valence-electron chi connectivity index (χ3n) is 1.77. The van der Waals surface area contributed by atoms with Crippen LogP contribution >= 0.6 is 0 Å². The molecule has 0 atom stereocenters. The Bertz CT molecular complexity index is 271. The molecule has 0 saturated heterocycles. The number of halogens is 1. The molecule has 0 amide bonds. The monoisotopic (exact) mass is 168 g/mol. The molecule has 0 aromatic carbocycles. The van der Waals surface area contributed by atoms with Gasteiger partial charge in [0.15, 0.2) is 11.6 Å². The summed E-state index contributed by atoms with van der Waals surface area (Å²) in [4.78, 5) is 3.93. The van der Waals surface area contributed by atoms with E-state index in [0.717, 1.165) is 5.56 Å². The smallest absolute Gasteiger partial charge is 0.165 e. The first-order valence-electron chi connectivity index (χ1n) is 3.98. The summed E-state index contributed by atoms with van der Waals surface area (Å²) in [5, 5.41) is 2.68. The minimum Gasteiger partial charge on any atom is -0.371 e. The number of hydrogen-bond donors (Lipinski definition) is 1. The Labute approximate surface area is 71.8 Å². The summed E-state index contributed by atoms with van der Waals surface area (Å²) < 4.78 is 13.1. The second-order valence-electron chi connectivity index (χ2n) is 3.00. The molecule has 0 saturated carbocycles. The number of pyridine rings is 1. The van der Waals surface area contributed by atoms with Crippen molar-refractivity contribution in [2.75, 3.05) is 12.4 Å². The number of nitrogens with zero attached hydrogens (tertiary/aromatic N) is 1. The number of rotatable bonds is 2. The van der Waals surface area contributed by atoms with E-state index in [4.69, 9.17) is 0 Å². The molecule has 0 bridgehead atoms. The molecular formula is C9H13FN2. The lowest BCUT2D eigenvalue weighted by molar-refractivity contribution is 0.620. The Morgan fingerprint density at radius 2 is 2.17 bits per heavy atom. The lowest BCUT2D eigenvalue weighted by atomic mass is 10.1. The van der Waals surface area contributed by atoms with Gasteiger partial charge in [-0.3, -0.25) is 0 Å². The maximum atomic E-state index is 13.1. The van der Waals surface area contributed by atoms with E-state index in [2.05, 4.69) is 10.3 Å². The molecule has 66 valence electrons. The normalized spacial score (nSPS) is 10.4. The van der Waals surface area contributed by atoms with E-state index in [-0.39, 0.29) is 5.82 Å². The minimum absolute atomic E-state index is 0.288. The largest absolute Gasteiger partial charge is 0.371 e. The van der Waals surface area contributed by atoms with E-state index in [1.54, 1.807) is 13.2 Å². The summed E-state index contributed by atoms with van der Waals surface area (Å²) >= 11 is 0. The zero-order valence-electron chi connectivity index (χ0n) is 7.56. The van der Waals surface area contributed by atoms with Crippen molar-refractivity contribution in [2.24, 2.45) is 0 Å². The van der Waals surface area contributed by atoms with E-state index in [0.29, 0.717) is 11.7 Å². The molecule has 0 fully saturated rings. The third-order valence-corrected chi connectivity index (χ3v) is 1.77. The topological polar surface area (TPSA) is 24.9 Å². The predicted molar refractivity (Wildman–Crippen MR) is 47.8 cm³/mol. The van der Waals surface area contributed by atoms with Gasteiger partial charge in [0.05, 0.1) is 0 Å². The van der Waals surface area contributed by atoms with Crippen LogP contribution < -0.4 is 5.32 Å². The maximum absolute atomic E-state index is 13.1. The van der Waals surface area contributed by atoms with Crippen molar-refractivity contribution in [1.82, 2.24) is 4.98 Å². The van der Waals surface area contributed by atoms with Gasteiger partial charge >= 0.3 is 0 Å². The summed E-state index contributed by atoms with van der Waals surface area (Å²) in [6.45, 7) is 4.02. The molecule has 0 unspecified atom stereocenters. The molecule has 0 aliphatic rings. The van der Waals surface area contributed by atoms with Crippen LogP contribution in [0.1, 0.15) is 25.3 Å². The highest BCUT2D eigenvalue weighted by Gasteiger charge is 2.05. The average Bonchev–Trinajstić information content (AvgIpc) is 2.04. The van der Waals surface area contributed by atoms with Crippen LogP contribution in [0.5, 0.6) is 0 Å². The van der Waals surface area contributed by atoms with E-state index in [9.17, 15) is 4.39 Å². The quantitative estimate of drug-likeness (QED) is 0.733. The van der Waals surface area contributed by atoms with Crippen molar-refractivity contribution in [3.63, 3.8) is 0 Å². The summed E-state index contributed by atoms with van der Waals surface area (Å²) in [6, 6.07) is 1.52. The van der Waals surface area contributed by atoms with Gasteiger partial charge in [-0.05, 0) is 17.5 Å². The SMILES string of the molecule is CNc1ncc(C(C)C)cc1F. The minimum atomic E-state index is -0.288. The molecular weight excluding hydrogens is 155 g/mol. The highest BCUT2D eigenvalue weighted by atomic mass is 19.1. The standard InChI is InChI=1S/C9H13FN2/c1-6(2)7-4-8(10)9(11-3)12-5-7/h4-6H,1-3H3,(H,11,12). The zero-order valence-corrected chi connectivity index (χ0v) is 7.56. The van der Waals surface area contributed by atoms with Gasteiger partial charge in [-0.15, -0.1) is 0 Å². The molecule has 1 aromatic rings.